The summed E-state index contributed by atoms with van der Waals surface area (Å²) in [7, 11) is 0. The highest BCUT2D eigenvalue weighted by Gasteiger charge is 2.23. The third-order valence-corrected chi connectivity index (χ3v) is 8.09. The van der Waals surface area contributed by atoms with Crippen LogP contribution in [0.25, 0.3) is 49.7 Å². The summed E-state index contributed by atoms with van der Waals surface area (Å²) in [5.74, 6) is 0. The van der Waals surface area contributed by atoms with Crippen LogP contribution in [-0.2, 0) is 5.41 Å². The van der Waals surface area contributed by atoms with Crippen LogP contribution in [0.4, 0.5) is 0 Å². The molecule has 4 aromatic carbocycles. The molecule has 0 aliphatic carbocycles. The monoisotopic (exact) mass is 496 g/mol. The van der Waals surface area contributed by atoms with Crippen LogP contribution in [0.5, 0.6) is 0 Å². The molecule has 0 radical (unpaired) electrons. The zero-order valence-electron chi connectivity index (χ0n) is 23.8. The van der Waals surface area contributed by atoms with Gasteiger partial charge >= 0.3 is 0 Å². The van der Waals surface area contributed by atoms with E-state index in [0.29, 0.717) is 0 Å². The lowest BCUT2D eigenvalue weighted by atomic mass is 9.83. The largest absolute Gasteiger partial charge is 0.292 e. The van der Waals surface area contributed by atoms with Gasteiger partial charge in [-0.15, -0.1) is 0 Å². The molecule has 2 heteroatoms. The molecule has 0 N–H and O–H groups in total. The average molecular weight is 497 g/mol. The molecule has 0 aliphatic heterocycles. The Bertz CT molecular complexity index is 1850. The van der Waals surface area contributed by atoms with Gasteiger partial charge in [0, 0.05) is 16.3 Å². The molecule has 38 heavy (non-hydrogen) atoms. The van der Waals surface area contributed by atoms with Crippen LogP contribution in [0.2, 0.25) is 0 Å². The van der Waals surface area contributed by atoms with E-state index in [1.54, 1.807) is 0 Å². The second kappa shape index (κ2) is 8.56. The van der Waals surface area contributed by atoms with Crippen molar-refractivity contribution >= 4 is 27.3 Å². The van der Waals surface area contributed by atoms with Crippen molar-refractivity contribution in [3.8, 4) is 22.4 Å². The van der Waals surface area contributed by atoms with Crippen LogP contribution in [-0.4, -0.2) is 9.38 Å². The first-order valence-electron chi connectivity index (χ1n) is 13.6. The standard InChI is InChI=1S/C36H36N2/c1-21-17-24(4)33(25(5)18-21)31-20-37-35-34-27(13-10-14-29(34)36(6,7)8)28-19-26(15-16-30(28)38(31)35)32-22(2)11-9-12-23(32)3/h9-20H,1-8H3. The van der Waals surface area contributed by atoms with Crippen LogP contribution in [0.1, 0.15) is 54.2 Å². The Balaban J connectivity index is 1.82. The van der Waals surface area contributed by atoms with Gasteiger partial charge < -0.3 is 0 Å². The van der Waals surface area contributed by atoms with E-state index < -0.39 is 0 Å². The molecule has 0 saturated heterocycles. The summed E-state index contributed by atoms with van der Waals surface area (Å²) in [4.78, 5) is 5.12. The van der Waals surface area contributed by atoms with Gasteiger partial charge in [-0.2, -0.15) is 0 Å². The van der Waals surface area contributed by atoms with Crippen molar-refractivity contribution in [2.45, 2.75) is 60.8 Å². The van der Waals surface area contributed by atoms with Crippen molar-refractivity contribution in [1.82, 2.24) is 9.38 Å². The number of fused-ring (bicyclic) bond motifs is 6. The van der Waals surface area contributed by atoms with Crippen LogP contribution in [0, 0.1) is 34.6 Å². The van der Waals surface area contributed by atoms with E-state index in [0.717, 1.165) is 11.3 Å². The predicted molar refractivity (Wildman–Crippen MR) is 163 cm³/mol. The third kappa shape index (κ3) is 3.66. The smallest absolute Gasteiger partial charge is 0.145 e. The first-order valence-corrected chi connectivity index (χ1v) is 13.6. The van der Waals surface area contributed by atoms with E-state index in [2.05, 4.69) is 133 Å². The quantitative estimate of drug-likeness (QED) is 0.218. The Labute approximate surface area is 226 Å². The maximum atomic E-state index is 5.12. The fourth-order valence-electron chi connectivity index (χ4n) is 6.55. The summed E-state index contributed by atoms with van der Waals surface area (Å²) in [6.07, 6.45) is 2.08. The first-order chi connectivity index (χ1) is 18.1. The highest BCUT2D eigenvalue weighted by Crippen LogP contribution is 2.41. The molecule has 0 fully saturated rings. The number of benzene rings is 4. The Morgan fingerprint density at radius 2 is 1.32 bits per heavy atom. The van der Waals surface area contributed by atoms with Crippen LogP contribution >= 0.6 is 0 Å². The van der Waals surface area contributed by atoms with E-state index in [-0.39, 0.29) is 5.41 Å². The minimum Gasteiger partial charge on any atom is -0.292 e. The normalized spacial score (nSPS) is 12.2. The number of nitrogens with zero attached hydrogens (tertiary/aromatic N) is 2. The van der Waals surface area contributed by atoms with Crippen molar-refractivity contribution in [1.29, 1.82) is 0 Å². The van der Waals surface area contributed by atoms with Crippen LogP contribution in [0.3, 0.4) is 0 Å². The maximum Gasteiger partial charge on any atom is 0.145 e. The third-order valence-electron chi connectivity index (χ3n) is 8.09. The molecule has 0 spiro atoms. The molecule has 6 rings (SSSR count). The summed E-state index contributed by atoms with van der Waals surface area (Å²) >= 11 is 0. The summed E-state index contributed by atoms with van der Waals surface area (Å²) in [6, 6.07) is 24.9. The number of aryl methyl sites for hydroxylation is 5. The molecule has 0 saturated carbocycles. The van der Waals surface area contributed by atoms with E-state index in [1.165, 1.54) is 71.7 Å². The number of hydrogen-bond acceptors (Lipinski definition) is 1. The van der Waals surface area contributed by atoms with Gasteiger partial charge in [0.1, 0.15) is 5.65 Å². The zero-order chi connectivity index (χ0) is 26.9. The number of hydrogen-bond donors (Lipinski definition) is 0. The van der Waals surface area contributed by atoms with Crippen LogP contribution < -0.4 is 0 Å². The molecule has 2 nitrogen and oxygen atoms in total. The molecule has 2 heterocycles. The lowest BCUT2D eigenvalue weighted by molar-refractivity contribution is 0.596. The number of pyridine rings is 1. The minimum atomic E-state index is -0.0142. The predicted octanol–water partition coefficient (Wildman–Crippen LogP) is 9.81. The molecule has 190 valence electrons. The lowest BCUT2D eigenvalue weighted by Crippen LogP contribution is -2.12. The van der Waals surface area contributed by atoms with Gasteiger partial charge in [0.05, 0.1) is 17.4 Å². The Hall–Kier alpha value is -3.91. The number of rotatable bonds is 2. The van der Waals surface area contributed by atoms with Gasteiger partial charge in [0.15, 0.2) is 0 Å². The Morgan fingerprint density at radius 3 is 1.97 bits per heavy atom. The summed E-state index contributed by atoms with van der Waals surface area (Å²) < 4.78 is 2.41. The van der Waals surface area contributed by atoms with Crippen molar-refractivity contribution in [2.75, 3.05) is 0 Å². The van der Waals surface area contributed by atoms with E-state index in [1.807, 2.05) is 0 Å². The summed E-state index contributed by atoms with van der Waals surface area (Å²) in [5.41, 5.74) is 15.0. The number of aromatic nitrogens is 2. The molecule has 0 unspecified atom stereocenters. The van der Waals surface area contributed by atoms with E-state index in [9.17, 15) is 0 Å². The molecule has 0 aliphatic rings. The lowest BCUT2D eigenvalue weighted by Gasteiger charge is -2.23. The van der Waals surface area contributed by atoms with Gasteiger partial charge in [-0.1, -0.05) is 80.9 Å². The topological polar surface area (TPSA) is 17.3 Å². The average Bonchev–Trinajstić information content (AvgIpc) is 3.27. The van der Waals surface area contributed by atoms with Crippen LogP contribution in [0.15, 0.2) is 72.9 Å². The molecule has 0 atom stereocenters. The van der Waals surface area contributed by atoms with Gasteiger partial charge in [0.2, 0.25) is 0 Å². The molecule has 0 bridgehead atoms. The molecule has 0 amide bonds. The van der Waals surface area contributed by atoms with Crippen molar-refractivity contribution in [3.05, 3.63) is 106 Å². The second-order valence-corrected chi connectivity index (χ2v) is 12.1. The summed E-state index contributed by atoms with van der Waals surface area (Å²) in [5, 5.41) is 3.78. The van der Waals surface area contributed by atoms with Gasteiger partial charge in [0.25, 0.3) is 0 Å². The molecular formula is C36H36N2. The highest BCUT2D eigenvalue weighted by atomic mass is 15.0. The van der Waals surface area contributed by atoms with Crippen molar-refractivity contribution < 1.29 is 0 Å². The maximum absolute atomic E-state index is 5.12. The minimum absolute atomic E-state index is 0.0142. The van der Waals surface area contributed by atoms with E-state index >= 15 is 0 Å². The highest BCUT2D eigenvalue weighted by molar-refractivity contribution is 6.14. The van der Waals surface area contributed by atoms with Crippen molar-refractivity contribution in [3.63, 3.8) is 0 Å². The SMILES string of the molecule is Cc1cc(C)c(-c2cnc3c4c(C(C)(C)C)cccc4c4cc(-c5c(C)cccc5C)ccc4n23)c(C)c1. The fourth-order valence-corrected chi connectivity index (χ4v) is 6.55. The second-order valence-electron chi connectivity index (χ2n) is 12.1. The van der Waals surface area contributed by atoms with E-state index in [4.69, 9.17) is 4.98 Å². The Kier molecular flexibility index (Phi) is 5.50. The fraction of sp³-hybridized carbons (Fsp3) is 0.250. The van der Waals surface area contributed by atoms with Gasteiger partial charge in [-0.25, -0.2) is 4.98 Å². The first kappa shape index (κ1) is 24.4. The van der Waals surface area contributed by atoms with Gasteiger partial charge in [-0.05, 0) is 96.5 Å². The van der Waals surface area contributed by atoms with Crippen molar-refractivity contribution in [2.24, 2.45) is 0 Å². The zero-order valence-corrected chi connectivity index (χ0v) is 23.8. The molecule has 6 aromatic rings. The molecule has 2 aromatic heterocycles. The summed E-state index contributed by atoms with van der Waals surface area (Å²) in [6.45, 7) is 17.9. The Morgan fingerprint density at radius 1 is 0.658 bits per heavy atom. The number of imidazole rings is 1. The van der Waals surface area contributed by atoms with Gasteiger partial charge in [-0.3, -0.25) is 4.40 Å². The molecular weight excluding hydrogens is 460 g/mol.